The minimum atomic E-state index is -0.379. The van der Waals surface area contributed by atoms with Gasteiger partial charge < -0.3 is 5.32 Å². The molecule has 0 radical (unpaired) electrons. The van der Waals surface area contributed by atoms with Crippen molar-refractivity contribution in [1.29, 1.82) is 0 Å². The number of nitrogens with zero attached hydrogens (tertiary/aromatic N) is 4. The van der Waals surface area contributed by atoms with Crippen LogP contribution in [0.15, 0.2) is 65.8 Å². The van der Waals surface area contributed by atoms with Crippen LogP contribution >= 0.6 is 11.6 Å². The van der Waals surface area contributed by atoms with Gasteiger partial charge in [0.25, 0.3) is 11.5 Å². The van der Waals surface area contributed by atoms with Gasteiger partial charge in [0.15, 0.2) is 5.65 Å². The first-order valence-electron chi connectivity index (χ1n) is 9.21. The Bertz CT molecular complexity index is 1280. The smallest absolute Gasteiger partial charge is 0.264 e. The zero-order valence-electron chi connectivity index (χ0n) is 15.8. The molecule has 0 spiro atoms. The van der Waals surface area contributed by atoms with Crippen molar-refractivity contribution < 1.29 is 9.18 Å². The Hall–Kier alpha value is -3.52. The summed E-state index contributed by atoms with van der Waals surface area (Å²) >= 11 is 5.90. The van der Waals surface area contributed by atoms with Gasteiger partial charge in [-0.25, -0.2) is 14.1 Å². The Kier molecular flexibility index (Phi) is 5.58. The standard InChI is InChI=1S/C21H17ClFN5O2/c22-16-6-3-5-14(10-16)20(29)24-8-9-28-19-17(11-26-28)21(30)27(13-25-19)12-15-4-1-2-7-18(15)23/h1-7,10-11,13H,8-9,12H2,(H,24,29). The molecule has 0 fully saturated rings. The second kappa shape index (κ2) is 8.46. The molecule has 0 atom stereocenters. The summed E-state index contributed by atoms with van der Waals surface area (Å²) in [6, 6.07) is 12.9. The van der Waals surface area contributed by atoms with Crippen LogP contribution in [-0.2, 0) is 13.1 Å². The number of benzene rings is 2. The second-order valence-corrected chi connectivity index (χ2v) is 7.08. The average Bonchev–Trinajstić information content (AvgIpc) is 3.15. The normalized spacial score (nSPS) is 11.0. The number of hydrogen-bond acceptors (Lipinski definition) is 4. The van der Waals surface area contributed by atoms with Gasteiger partial charge in [-0.15, -0.1) is 0 Å². The highest BCUT2D eigenvalue weighted by Crippen LogP contribution is 2.11. The summed E-state index contributed by atoms with van der Waals surface area (Å²) in [6.07, 6.45) is 2.81. The Morgan fingerprint density at radius 3 is 2.80 bits per heavy atom. The summed E-state index contributed by atoms with van der Waals surface area (Å²) < 4.78 is 16.8. The predicted octanol–water partition coefficient (Wildman–Crippen LogP) is 2.86. The van der Waals surface area contributed by atoms with E-state index in [4.69, 9.17) is 11.6 Å². The van der Waals surface area contributed by atoms with Gasteiger partial charge in [0.2, 0.25) is 0 Å². The van der Waals surface area contributed by atoms with Gasteiger partial charge in [0.05, 0.1) is 19.3 Å². The monoisotopic (exact) mass is 425 g/mol. The molecule has 0 aliphatic rings. The maximum atomic E-state index is 13.9. The summed E-state index contributed by atoms with van der Waals surface area (Å²) in [7, 11) is 0. The van der Waals surface area contributed by atoms with Gasteiger partial charge in [-0.2, -0.15) is 5.10 Å². The maximum Gasteiger partial charge on any atom is 0.264 e. The van der Waals surface area contributed by atoms with E-state index in [1.807, 2.05) is 0 Å². The Balaban J connectivity index is 1.47. The van der Waals surface area contributed by atoms with E-state index in [2.05, 4.69) is 15.4 Å². The van der Waals surface area contributed by atoms with Crippen molar-refractivity contribution >= 4 is 28.5 Å². The fraction of sp³-hybridized carbons (Fsp3) is 0.143. The molecule has 2 heterocycles. The summed E-state index contributed by atoms with van der Waals surface area (Å²) in [6.45, 7) is 0.705. The first kappa shape index (κ1) is 19.8. The zero-order chi connectivity index (χ0) is 21.1. The largest absolute Gasteiger partial charge is 0.350 e. The lowest BCUT2D eigenvalue weighted by atomic mass is 10.2. The number of rotatable bonds is 6. The van der Waals surface area contributed by atoms with Gasteiger partial charge in [-0.3, -0.25) is 14.2 Å². The Labute approximate surface area is 175 Å². The van der Waals surface area contributed by atoms with Crippen molar-refractivity contribution in [3.63, 3.8) is 0 Å². The molecule has 30 heavy (non-hydrogen) atoms. The highest BCUT2D eigenvalue weighted by atomic mass is 35.5. The van der Waals surface area contributed by atoms with Crippen LogP contribution in [0, 0.1) is 5.82 Å². The molecule has 0 saturated carbocycles. The highest BCUT2D eigenvalue weighted by molar-refractivity contribution is 6.30. The summed E-state index contributed by atoms with van der Waals surface area (Å²) in [5.74, 6) is -0.634. The van der Waals surface area contributed by atoms with Crippen molar-refractivity contribution in [2.24, 2.45) is 0 Å². The number of nitrogens with one attached hydrogen (secondary N) is 1. The van der Waals surface area contributed by atoms with Crippen LogP contribution < -0.4 is 10.9 Å². The number of aromatic nitrogens is 4. The molecule has 0 aliphatic heterocycles. The van der Waals surface area contributed by atoms with Gasteiger partial charge in [-0.1, -0.05) is 35.9 Å². The first-order valence-corrected chi connectivity index (χ1v) is 9.59. The third kappa shape index (κ3) is 4.08. The molecule has 4 aromatic rings. The van der Waals surface area contributed by atoms with Gasteiger partial charge in [0, 0.05) is 22.7 Å². The molecule has 2 aromatic carbocycles. The molecular formula is C21H17ClFN5O2. The summed E-state index contributed by atoms with van der Waals surface area (Å²) in [4.78, 5) is 29.2. The third-order valence-electron chi connectivity index (χ3n) is 4.62. The van der Waals surface area contributed by atoms with Crippen LogP contribution in [-0.4, -0.2) is 31.8 Å². The molecule has 0 aliphatic carbocycles. The summed E-state index contributed by atoms with van der Waals surface area (Å²) in [5, 5.41) is 7.79. The van der Waals surface area contributed by atoms with Crippen LogP contribution in [0.1, 0.15) is 15.9 Å². The minimum Gasteiger partial charge on any atom is -0.350 e. The van der Waals surface area contributed by atoms with Gasteiger partial charge in [-0.05, 0) is 24.3 Å². The third-order valence-corrected chi connectivity index (χ3v) is 4.85. The molecule has 7 nitrogen and oxygen atoms in total. The molecule has 1 amide bonds. The van der Waals surface area contributed by atoms with E-state index in [1.165, 1.54) is 23.2 Å². The van der Waals surface area contributed by atoms with E-state index in [0.29, 0.717) is 40.3 Å². The molecule has 9 heteroatoms. The Morgan fingerprint density at radius 1 is 1.17 bits per heavy atom. The first-order chi connectivity index (χ1) is 14.5. The van der Waals surface area contributed by atoms with Crippen molar-refractivity contribution in [3.05, 3.63) is 93.4 Å². The van der Waals surface area contributed by atoms with E-state index in [1.54, 1.807) is 47.1 Å². The van der Waals surface area contributed by atoms with Crippen LogP contribution in [0.3, 0.4) is 0 Å². The highest BCUT2D eigenvalue weighted by Gasteiger charge is 2.12. The lowest BCUT2D eigenvalue weighted by molar-refractivity contribution is 0.0952. The van der Waals surface area contributed by atoms with Crippen LogP contribution in [0.2, 0.25) is 5.02 Å². The van der Waals surface area contributed by atoms with E-state index in [9.17, 15) is 14.0 Å². The van der Waals surface area contributed by atoms with Crippen LogP contribution in [0.4, 0.5) is 4.39 Å². The number of carbonyl (C=O) groups excluding carboxylic acids is 1. The van der Waals surface area contributed by atoms with E-state index >= 15 is 0 Å². The zero-order valence-corrected chi connectivity index (χ0v) is 16.5. The Morgan fingerprint density at radius 2 is 2.00 bits per heavy atom. The average molecular weight is 426 g/mol. The quantitative estimate of drug-likeness (QED) is 0.515. The van der Waals surface area contributed by atoms with E-state index < -0.39 is 0 Å². The molecule has 0 bridgehead atoms. The van der Waals surface area contributed by atoms with Crippen molar-refractivity contribution in [1.82, 2.24) is 24.6 Å². The summed E-state index contributed by atoms with van der Waals surface area (Å²) in [5.41, 5.74) is 0.957. The van der Waals surface area contributed by atoms with Crippen LogP contribution in [0.25, 0.3) is 11.0 Å². The van der Waals surface area contributed by atoms with Gasteiger partial charge in [0.1, 0.15) is 17.5 Å². The topological polar surface area (TPSA) is 81.8 Å². The lowest BCUT2D eigenvalue weighted by Gasteiger charge is -2.08. The fourth-order valence-electron chi connectivity index (χ4n) is 3.09. The number of halogens is 2. The number of fused-ring (bicyclic) bond motifs is 1. The van der Waals surface area contributed by atoms with Crippen LogP contribution in [0.5, 0.6) is 0 Å². The minimum absolute atomic E-state index is 0.0787. The van der Waals surface area contributed by atoms with E-state index in [0.717, 1.165) is 0 Å². The molecule has 1 N–H and O–H groups in total. The second-order valence-electron chi connectivity index (χ2n) is 6.64. The molecule has 0 saturated heterocycles. The van der Waals surface area contributed by atoms with Crippen molar-refractivity contribution in [2.45, 2.75) is 13.1 Å². The molecule has 152 valence electrons. The van der Waals surface area contributed by atoms with Crippen molar-refractivity contribution in [2.75, 3.05) is 6.54 Å². The molecule has 0 unspecified atom stereocenters. The molecular weight excluding hydrogens is 409 g/mol. The number of hydrogen-bond donors (Lipinski definition) is 1. The molecule has 2 aromatic heterocycles. The maximum absolute atomic E-state index is 13.9. The van der Waals surface area contributed by atoms with Gasteiger partial charge >= 0.3 is 0 Å². The lowest BCUT2D eigenvalue weighted by Crippen LogP contribution is -2.27. The number of amides is 1. The fourth-order valence-corrected chi connectivity index (χ4v) is 3.28. The van der Waals surface area contributed by atoms with Crippen molar-refractivity contribution in [3.8, 4) is 0 Å². The SMILES string of the molecule is O=C(NCCn1ncc2c(=O)n(Cc3ccccc3F)cnc21)c1cccc(Cl)c1. The number of carbonyl (C=O) groups is 1. The molecule has 4 rings (SSSR count). The van der Waals surface area contributed by atoms with E-state index in [-0.39, 0.29) is 23.8 Å². The predicted molar refractivity (Wildman–Crippen MR) is 111 cm³/mol.